The van der Waals surface area contributed by atoms with Gasteiger partial charge in [0.25, 0.3) is 12.1 Å². The fourth-order valence-electron chi connectivity index (χ4n) is 3.04. The molecule has 2 aliphatic rings. The maximum Gasteiger partial charge on any atom is 0.272 e. The lowest BCUT2D eigenvalue weighted by Gasteiger charge is -2.36. The molecule has 3 rings (SSSR count). The molecule has 0 unspecified atom stereocenters. The van der Waals surface area contributed by atoms with Crippen LogP contribution in [0.5, 0.6) is 0 Å². The highest BCUT2D eigenvalue weighted by Crippen LogP contribution is 2.54. The van der Waals surface area contributed by atoms with Crippen LogP contribution in [0.15, 0.2) is 17.1 Å². The Hall–Kier alpha value is -1.88. The number of nitrogens with two attached hydrogens (primary N) is 1. The van der Waals surface area contributed by atoms with Crippen molar-refractivity contribution in [2.45, 2.75) is 17.3 Å². The molecule has 0 aromatic heterocycles. The van der Waals surface area contributed by atoms with Gasteiger partial charge in [0.2, 0.25) is 0 Å². The summed E-state index contributed by atoms with van der Waals surface area (Å²) in [6.45, 7) is -0.553. The van der Waals surface area contributed by atoms with Gasteiger partial charge in [0.05, 0.1) is 22.3 Å². The monoisotopic (exact) mass is 365 g/mol. The Morgan fingerprint density at radius 1 is 1.46 bits per heavy atom. The van der Waals surface area contributed by atoms with Gasteiger partial charge in [-0.25, -0.2) is 17.6 Å². The number of halogens is 4. The molecule has 2 heterocycles. The van der Waals surface area contributed by atoms with Crippen molar-refractivity contribution in [3.63, 3.8) is 0 Å². The van der Waals surface area contributed by atoms with Crippen molar-refractivity contribution in [2.75, 3.05) is 13.2 Å². The Bertz CT molecular complexity index is 733. The average molecular weight is 365 g/mol. The molecule has 0 radical (unpaired) electrons. The maximum absolute atomic E-state index is 14.4. The number of nitrogens with zero attached hydrogens (tertiary/aromatic N) is 2. The summed E-state index contributed by atoms with van der Waals surface area (Å²) < 4.78 is 58.2. The molecule has 0 bridgehead atoms. The van der Waals surface area contributed by atoms with Gasteiger partial charge in [0, 0.05) is 24.1 Å². The number of fused-ring (bicyclic) bond motifs is 1. The molecule has 24 heavy (non-hydrogen) atoms. The molecular weight excluding hydrogens is 354 g/mol. The zero-order valence-electron chi connectivity index (χ0n) is 11.9. The van der Waals surface area contributed by atoms with E-state index in [9.17, 15) is 27.7 Å². The number of hydrogen-bond acceptors (Lipinski definition) is 6. The first-order chi connectivity index (χ1) is 11.3. The van der Waals surface area contributed by atoms with E-state index in [4.69, 9.17) is 10.5 Å². The van der Waals surface area contributed by atoms with Gasteiger partial charge in [-0.3, -0.25) is 15.1 Å². The third kappa shape index (κ3) is 2.51. The Morgan fingerprint density at radius 2 is 2.17 bits per heavy atom. The van der Waals surface area contributed by atoms with Crippen LogP contribution in [0.4, 0.5) is 23.2 Å². The van der Waals surface area contributed by atoms with Crippen LogP contribution < -0.4 is 5.73 Å². The summed E-state index contributed by atoms with van der Waals surface area (Å²) in [4.78, 5) is 13.9. The molecule has 3 atom stereocenters. The largest absolute Gasteiger partial charge is 0.379 e. The molecule has 0 spiro atoms. The van der Waals surface area contributed by atoms with Crippen LogP contribution in [-0.2, 0) is 9.48 Å². The van der Waals surface area contributed by atoms with E-state index in [1.807, 2.05) is 0 Å². The Kier molecular flexibility index (Phi) is 4.16. The first-order valence-corrected chi connectivity index (χ1v) is 7.60. The minimum Gasteiger partial charge on any atom is -0.379 e. The van der Waals surface area contributed by atoms with Gasteiger partial charge in [-0.15, -0.1) is 0 Å². The summed E-state index contributed by atoms with van der Waals surface area (Å²) in [5.74, 6) is -3.77. The van der Waals surface area contributed by atoms with Crippen molar-refractivity contribution >= 4 is 22.6 Å². The fourth-order valence-corrected chi connectivity index (χ4v) is 4.30. The van der Waals surface area contributed by atoms with Crippen LogP contribution in [0, 0.1) is 27.7 Å². The molecule has 0 aliphatic carbocycles. The predicted octanol–water partition coefficient (Wildman–Crippen LogP) is 2.41. The first-order valence-electron chi connectivity index (χ1n) is 6.79. The van der Waals surface area contributed by atoms with Gasteiger partial charge in [-0.2, -0.15) is 0 Å². The molecule has 2 N–H and O–H groups in total. The van der Waals surface area contributed by atoms with Gasteiger partial charge < -0.3 is 10.5 Å². The number of aliphatic imine (C=N–C) groups is 1. The average Bonchev–Trinajstić information content (AvgIpc) is 2.89. The van der Waals surface area contributed by atoms with E-state index in [1.165, 1.54) is 0 Å². The van der Waals surface area contributed by atoms with Crippen molar-refractivity contribution in [3.05, 3.63) is 39.4 Å². The number of nitro groups is 1. The van der Waals surface area contributed by atoms with Crippen LogP contribution in [0.1, 0.15) is 5.56 Å². The number of amidine groups is 1. The maximum atomic E-state index is 14.4. The van der Waals surface area contributed by atoms with Crippen LogP contribution >= 0.6 is 11.8 Å². The summed E-state index contributed by atoms with van der Waals surface area (Å²) in [6.07, 6.45) is -4.41. The predicted molar refractivity (Wildman–Crippen MR) is 78.0 cm³/mol. The van der Waals surface area contributed by atoms with Crippen molar-refractivity contribution in [3.8, 4) is 0 Å². The lowest BCUT2D eigenvalue weighted by atomic mass is 9.83. The molecule has 2 aliphatic heterocycles. The molecule has 1 fully saturated rings. The second kappa shape index (κ2) is 5.88. The van der Waals surface area contributed by atoms with E-state index in [0.29, 0.717) is 6.07 Å². The summed E-state index contributed by atoms with van der Waals surface area (Å²) >= 11 is 0.762. The summed E-state index contributed by atoms with van der Waals surface area (Å²) in [7, 11) is 0. The summed E-state index contributed by atoms with van der Waals surface area (Å²) in [5.41, 5.74) is 4.55. The smallest absolute Gasteiger partial charge is 0.272 e. The highest BCUT2D eigenvalue weighted by molar-refractivity contribution is 8.14. The molecule has 1 aromatic rings. The van der Waals surface area contributed by atoms with Crippen molar-refractivity contribution in [1.29, 1.82) is 0 Å². The standard InChI is InChI=1S/C13H11F4N3O3S/c14-8-2-5(20(21)22)1-6(9(8)15)13-4-23-10(11(16)17)7(13)3-19-12(18)24-13/h1-2,7,10-11H,3-4H2,(H2,18,19)/t7-,10-,13+/m0/s1. The van der Waals surface area contributed by atoms with Crippen LogP contribution in [0.25, 0.3) is 0 Å². The second-order valence-electron chi connectivity index (χ2n) is 5.43. The number of non-ortho nitro benzene ring substituents is 1. The SMILES string of the molecule is NC1=NC[C@H]2[C@@H](C(F)F)OC[C@]2(c2cc([N+](=O)[O-])cc(F)c2F)S1. The highest BCUT2D eigenvalue weighted by Gasteiger charge is 2.57. The Balaban J connectivity index is 2.18. The van der Waals surface area contributed by atoms with Gasteiger partial charge >= 0.3 is 0 Å². The Morgan fingerprint density at radius 3 is 2.79 bits per heavy atom. The molecule has 1 aromatic carbocycles. The van der Waals surface area contributed by atoms with E-state index in [0.717, 1.165) is 17.8 Å². The van der Waals surface area contributed by atoms with Crippen LogP contribution in [-0.4, -0.2) is 35.8 Å². The molecule has 0 saturated carbocycles. The number of nitro benzene ring substituents is 1. The van der Waals surface area contributed by atoms with Gasteiger partial charge in [0.1, 0.15) is 6.10 Å². The van der Waals surface area contributed by atoms with Crippen molar-refractivity contribution < 1.29 is 27.2 Å². The van der Waals surface area contributed by atoms with Gasteiger partial charge in [-0.1, -0.05) is 11.8 Å². The number of rotatable bonds is 3. The van der Waals surface area contributed by atoms with Crippen LogP contribution in [0.3, 0.4) is 0 Å². The van der Waals surface area contributed by atoms with Crippen molar-refractivity contribution in [2.24, 2.45) is 16.6 Å². The van der Waals surface area contributed by atoms with Gasteiger partial charge in [0.15, 0.2) is 16.8 Å². The van der Waals surface area contributed by atoms with E-state index in [1.54, 1.807) is 0 Å². The van der Waals surface area contributed by atoms with E-state index in [2.05, 4.69) is 4.99 Å². The molecule has 1 saturated heterocycles. The fraction of sp³-hybridized carbons (Fsp3) is 0.462. The summed E-state index contributed by atoms with van der Waals surface area (Å²) in [5, 5.41) is 10.9. The minimum absolute atomic E-state index is 0.00363. The topological polar surface area (TPSA) is 90.8 Å². The number of thioether (sulfide) groups is 1. The number of benzene rings is 1. The molecule has 0 amide bonds. The van der Waals surface area contributed by atoms with Crippen molar-refractivity contribution in [1.82, 2.24) is 0 Å². The molecule has 11 heteroatoms. The second-order valence-corrected chi connectivity index (χ2v) is 6.78. The molecular formula is C13H11F4N3O3S. The number of ether oxygens (including phenoxy) is 1. The van der Waals surface area contributed by atoms with Gasteiger partial charge in [-0.05, 0) is 0 Å². The molecule has 6 nitrogen and oxygen atoms in total. The quantitative estimate of drug-likeness (QED) is 0.505. The number of alkyl halides is 2. The lowest BCUT2D eigenvalue weighted by Crippen LogP contribution is -2.43. The normalized spacial score (nSPS) is 29.5. The summed E-state index contributed by atoms with van der Waals surface area (Å²) in [6, 6.07) is 1.28. The van der Waals surface area contributed by atoms with E-state index >= 15 is 0 Å². The zero-order valence-corrected chi connectivity index (χ0v) is 12.7. The van der Waals surface area contributed by atoms with E-state index in [-0.39, 0.29) is 18.3 Å². The zero-order chi connectivity index (χ0) is 17.6. The molecule has 130 valence electrons. The number of hydrogen-bond donors (Lipinski definition) is 1. The Labute approximate surface area is 137 Å². The lowest BCUT2D eigenvalue weighted by molar-refractivity contribution is -0.385. The minimum atomic E-state index is -2.86. The van der Waals surface area contributed by atoms with Crippen LogP contribution in [0.2, 0.25) is 0 Å². The third-order valence-electron chi connectivity index (χ3n) is 4.14. The third-order valence-corrected chi connectivity index (χ3v) is 5.49. The van der Waals surface area contributed by atoms with E-state index < -0.39 is 51.0 Å². The highest BCUT2D eigenvalue weighted by atomic mass is 32.2. The first kappa shape index (κ1) is 17.0.